The maximum Gasteiger partial charge on any atom is 0.148 e. The van der Waals surface area contributed by atoms with Crippen molar-refractivity contribution in [3.8, 4) is 6.07 Å². The van der Waals surface area contributed by atoms with Crippen LogP contribution in [-0.4, -0.2) is 18.0 Å². The lowest BCUT2D eigenvalue weighted by molar-refractivity contribution is 0.295. The minimum absolute atomic E-state index is 0.310. The van der Waals surface area contributed by atoms with E-state index in [0.717, 1.165) is 5.56 Å². The van der Waals surface area contributed by atoms with Crippen LogP contribution in [0.2, 0.25) is 5.02 Å². The van der Waals surface area contributed by atoms with Gasteiger partial charge < -0.3 is 9.94 Å². The van der Waals surface area contributed by atoms with Gasteiger partial charge in [0.25, 0.3) is 0 Å². The summed E-state index contributed by atoms with van der Waals surface area (Å²) in [6.07, 6.45) is 4.94. The lowest BCUT2D eigenvalue weighted by atomic mass is 9.96. The summed E-state index contributed by atoms with van der Waals surface area (Å²) in [4.78, 5) is 0. The summed E-state index contributed by atoms with van der Waals surface area (Å²) in [5.41, 5.74) is 2.24. The molecule has 0 atom stereocenters. The van der Waals surface area contributed by atoms with Gasteiger partial charge in [-0.3, -0.25) is 0 Å². The van der Waals surface area contributed by atoms with Gasteiger partial charge in [-0.15, -0.1) is 0 Å². The Labute approximate surface area is 121 Å². The van der Waals surface area contributed by atoms with Gasteiger partial charge in [-0.25, -0.2) is 0 Å². The highest BCUT2D eigenvalue weighted by atomic mass is 35.5. The second-order valence-corrected chi connectivity index (χ2v) is 4.42. The summed E-state index contributed by atoms with van der Waals surface area (Å²) in [6.45, 7) is 0. The van der Waals surface area contributed by atoms with Gasteiger partial charge in [0.1, 0.15) is 17.5 Å². The zero-order valence-electron chi connectivity index (χ0n) is 10.7. The van der Waals surface area contributed by atoms with Gasteiger partial charge >= 0.3 is 0 Å². The molecule has 0 fully saturated rings. The molecule has 2 rings (SSSR count). The minimum atomic E-state index is 0.310. The van der Waals surface area contributed by atoms with Crippen molar-refractivity contribution in [2.75, 3.05) is 7.11 Å². The molecule has 1 aromatic carbocycles. The van der Waals surface area contributed by atoms with Crippen LogP contribution in [0.25, 0.3) is 5.57 Å². The topological polar surface area (TPSA) is 65.6 Å². The highest BCUT2D eigenvalue weighted by molar-refractivity contribution is 6.30. The third kappa shape index (κ3) is 2.73. The summed E-state index contributed by atoms with van der Waals surface area (Å²) in [5, 5.41) is 21.9. The normalized spacial score (nSPS) is 18.4. The van der Waals surface area contributed by atoms with Crippen LogP contribution in [0.4, 0.5) is 0 Å². The number of hydrogen-bond acceptors (Lipinski definition) is 4. The maximum absolute atomic E-state index is 9.36. The second-order valence-electron chi connectivity index (χ2n) is 3.98. The molecule has 1 aromatic rings. The molecule has 0 heterocycles. The molecule has 5 heteroatoms. The van der Waals surface area contributed by atoms with Crippen LogP contribution < -0.4 is 0 Å². The van der Waals surface area contributed by atoms with Gasteiger partial charge in [0.2, 0.25) is 0 Å². The quantitative estimate of drug-likeness (QED) is 0.514. The van der Waals surface area contributed by atoms with Crippen molar-refractivity contribution in [3.63, 3.8) is 0 Å². The van der Waals surface area contributed by atoms with Gasteiger partial charge in [-0.2, -0.15) is 5.26 Å². The van der Waals surface area contributed by atoms with Gasteiger partial charge in [-0.05, 0) is 35.4 Å². The van der Waals surface area contributed by atoms with Crippen LogP contribution in [-0.2, 0) is 4.74 Å². The molecule has 1 aliphatic rings. The van der Waals surface area contributed by atoms with Crippen molar-refractivity contribution < 1.29 is 9.94 Å². The van der Waals surface area contributed by atoms with Crippen LogP contribution in [0.15, 0.2) is 59.0 Å². The second kappa shape index (κ2) is 6.09. The third-order valence-electron chi connectivity index (χ3n) is 2.82. The smallest absolute Gasteiger partial charge is 0.148 e. The van der Waals surface area contributed by atoms with E-state index >= 15 is 0 Å². The number of oxime groups is 1. The van der Waals surface area contributed by atoms with Crippen LogP contribution in [0.5, 0.6) is 0 Å². The number of nitrogens with zero attached hydrogens (tertiary/aromatic N) is 2. The Bertz CT molecular complexity index is 677. The van der Waals surface area contributed by atoms with E-state index < -0.39 is 0 Å². The van der Waals surface area contributed by atoms with E-state index in [0.29, 0.717) is 27.6 Å². The zero-order chi connectivity index (χ0) is 14.5. The molecule has 0 bridgehead atoms. The highest BCUT2D eigenvalue weighted by Crippen LogP contribution is 2.25. The number of rotatable bonds is 2. The first-order valence-electron chi connectivity index (χ1n) is 5.76. The number of hydrogen-bond donors (Lipinski definition) is 1. The van der Waals surface area contributed by atoms with E-state index in [2.05, 4.69) is 11.2 Å². The number of halogens is 1. The fraction of sp³-hybridized carbons (Fsp3) is 0.0667. The lowest BCUT2D eigenvalue weighted by Gasteiger charge is -2.11. The first-order chi connectivity index (χ1) is 9.69. The van der Waals surface area contributed by atoms with Crippen LogP contribution in [0, 0.1) is 11.3 Å². The third-order valence-corrected chi connectivity index (χ3v) is 3.07. The number of methoxy groups -OCH3 is 1. The number of ether oxygens (including phenoxy) is 1. The molecule has 0 saturated heterocycles. The van der Waals surface area contributed by atoms with Crippen molar-refractivity contribution in [1.82, 2.24) is 0 Å². The SMILES string of the molecule is COC1=CC(=C(C#N)c2ccc(Cl)cc2)C=C/C1=N/O. The summed E-state index contributed by atoms with van der Waals surface area (Å²) >= 11 is 5.84. The molecule has 1 N–H and O–H groups in total. The predicted molar refractivity (Wildman–Crippen MR) is 77.4 cm³/mol. The van der Waals surface area contributed by atoms with Crippen molar-refractivity contribution in [2.24, 2.45) is 5.16 Å². The molecule has 4 nitrogen and oxygen atoms in total. The van der Waals surface area contributed by atoms with E-state index in [-0.39, 0.29) is 0 Å². The van der Waals surface area contributed by atoms with Gasteiger partial charge in [0, 0.05) is 5.02 Å². The van der Waals surface area contributed by atoms with E-state index in [1.54, 1.807) is 42.5 Å². The number of allylic oxidation sites excluding steroid dienone is 5. The van der Waals surface area contributed by atoms with E-state index in [9.17, 15) is 5.26 Å². The molecule has 0 saturated carbocycles. The summed E-state index contributed by atoms with van der Waals surface area (Å²) < 4.78 is 5.13. The molecule has 0 radical (unpaired) electrons. The molecule has 0 aliphatic heterocycles. The van der Waals surface area contributed by atoms with Crippen molar-refractivity contribution >= 4 is 22.9 Å². The molecular weight excluding hydrogens is 276 g/mol. The van der Waals surface area contributed by atoms with Crippen LogP contribution in [0.1, 0.15) is 5.56 Å². The highest BCUT2D eigenvalue weighted by Gasteiger charge is 2.14. The molecule has 100 valence electrons. The molecule has 1 aliphatic carbocycles. The monoisotopic (exact) mass is 286 g/mol. The average molecular weight is 287 g/mol. The van der Waals surface area contributed by atoms with Gasteiger partial charge in [0.05, 0.1) is 12.7 Å². The van der Waals surface area contributed by atoms with Crippen molar-refractivity contribution in [3.05, 3.63) is 64.4 Å². The Morgan fingerprint density at radius 3 is 2.55 bits per heavy atom. The predicted octanol–water partition coefficient (Wildman–Crippen LogP) is 3.55. The molecule has 0 amide bonds. The Hall–Kier alpha value is -2.51. The van der Waals surface area contributed by atoms with E-state index in [1.165, 1.54) is 7.11 Å². The summed E-state index contributed by atoms with van der Waals surface area (Å²) in [7, 11) is 1.47. The first kappa shape index (κ1) is 13.9. The van der Waals surface area contributed by atoms with E-state index in [4.69, 9.17) is 21.5 Å². The fourth-order valence-corrected chi connectivity index (χ4v) is 1.95. The standard InChI is InChI=1S/C15H11ClN2O2/c1-20-15-8-11(4-7-14(15)18-19)13(9-17)10-2-5-12(16)6-3-10/h2-8,19H,1H3/b13-11?,18-14-. The lowest BCUT2D eigenvalue weighted by Crippen LogP contribution is -2.06. The van der Waals surface area contributed by atoms with Gasteiger partial charge in [0.15, 0.2) is 0 Å². The molecule has 0 spiro atoms. The Kier molecular flexibility index (Phi) is 4.24. The summed E-state index contributed by atoms with van der Waals surface area (Å²) in [5.74, 6) is 0.395. The first-order valence-corrected chi connectivity index (χ1v) is 6.14. The molecule has 0 unspecified atom stereocenters. The Balaban J connectivity index is 2.53. The molecule has 20 heavy (non-hydrogen) atoms. The Morgan fingerprint density at radius 1 is 1.30 bits per heavy atom. The minimum Gasteiger partial charge on any atom is -0.494 e. The average Bonchev–Trinajstić information content (AvgIpc) is 2.49. The Morgan fingerprint density at radius 2 is 2.00 bits per heavy atom. The summed E-state index contributed by atoms with van der Waals surface area (Å²) in [6, 6.07) is 9.17. The van der Waals surface area contributed by atoms with E-state index in [1.807, 2.05) is 0 Å². The number of nitriles is 1. The number of benzene rings is 1. The zero-order valence-corrected chi connectivity index (χ0v) is 11.4. The fourth-order valence-electron chi connectivity index (χ4n) is 1.83. The van der Waals surface area contributed by atoms with Crippen LogP contribution in [0.3, 0.4) is 0 Å². The maximum atomic E-state index is 9.36. The largest absolute Gasteiger partial charge is 0.494 e. The molecular formula is C15H11ClN2O2. The van der Waals surface area contributed by atoms with Crippen molar-refractivity contribution in [1.29, 1.82) is 5.26 Å². The van der Waals surface area contributed by atoms with Gasteiger partial charge in [-0.1, -0.05) is 35.0 Å². The van der Waals surface area contributed by atoms with Crippen LogP contribution >= 0.6 is 11.6 Å². The molecule has 0 aromatic heterocycles. The van der Waals surface area contributed by atoms with Crippen molar-refractivity contribution in [2.45, 2.75) is 0 Å².